The van der Waals surface area contributed by atoms with E-state index in [1.165, 1.54) is 4.90 Å². The Labute approximate surface area is 360 Å². The lowest BCUT2D eigenvalue weighted by Crippen LogP contribution is -2.56. The molecule has 0 fully saturated rings. The van der Waals surface area contributed by atoms with Crippen LogP contribution in [0.25, 0.3) is 11.1 Å². The number of anilines is 1. The highest BCUT2D eigenvalue weighted by Gasteiger charge is 2.39. The van der Waals surface area contributed by atoms with Gasteiger partial charge in [0, 0.05) is 42.3 Å². The van der Waals surface area contributed by atoms with Crippen LogP contribution in [0.5, 0.6) is 11.5 Å². The second-order valence-corrected chi connectivity index (χ2v) is 15.4. The molecule has 0 radical (unpaired) electrons. The zero-order valence-electron chi connectivity index (χ0n) is 32.2. The van der Waals surface area contributed by atoms with E-state index >= 15 is 0 Å². The third-order valence-corrected chi connectivity index (χ3v) is 11.2. The molecule has 5 aromatic carbocycles. The van der Waals surface area contributed by atoms with Crippen LogP contribution in [0.3, 0.4) is 0 Å². The van der Waals surface area contributed by atoms with Crippen molar-refractivity contribution >= 4 is 52.6 Å². The molecule has 6 aromatic rings. The van der Waals surface area contributed by atoms with Crippen LogP contribution in [0.4, 0.5) is 5.69 Å². The number of nitrogens with one attached hydrogen (secondary N) is 2. The van der Waals surface area contributed by atoms with E-state index in [4.69, 9.17) is 37.9 Å². The number of hydrogen-bond acceptors (Lipinski definition) is 8. The van der Waals surface area contributed by atoms with Gasteiger partial charge in [-0.15, -0.1) is 0 Å². The van der Waals surface area contributed by atoms with Gasteiger partial charge in [0.2, 0.25) is 12.0 Å². The van der Waals surface area contributed by atoms with Crippen molar-refractivity contribution in [2.45, 2.75) is 44.2 Å². The number of carbonyl (C=O) groups excluding carboxylic acids is 3. The predicted molar refractivity (Wildman–Crippen MR) is 227 cm³/mol. The van der Waals surface area contributed by atoms with E-state index in [-0.39, 0.29) is 31.1 Å². The molecule has 3 N–H and O–H groups in total. The van der Waals surface area contributed by atoms with Gasteiger partial charge in [-0.25, -0.2) is 9.78 Å². The molecule has 1 unspecified atom stereocenters. The van der Waals surface area contributed by atoms with Crippen LogP contribution in [0.2, 0.25) is 10.2 Å². The summed E-state index contributed by atoms with van der Waals surface area (Å²) in [6, 6.07) is 34.8. The number of carbonyl (C=O) groups is 4. The number of hydrogen-bond donors (Lipinski definition) is 3. The molecule has 0 saturated carbocycles. The van der Waals surface area contributed by atoms with E-state index in [0.717, 1.165) is 16.7 Å². The van der Waals surface area contributed by atoms with Crippen molar-refractivity contribution < 1.29 is 33.8 Å². The van der Waals surface area contributed by atoms with Crippen molar-refractivity contribution in [3.63, 3.8) is 0 Å². The molecule has 0 bridgehead atoms. The molecule has 61 heavy (non-hydrogen) atoms. The fourth-order valence-corrected chi connectivity index (χ4v) is 7.62. The van der Waals surface area contributed by atoms with Gasteiger partial charge in [0.15, 0.2) is 0 Å². The normalized spacial score (nSPS) is 15.8. The number of benzene rings is 5. The maximum absolute atomic E-state index is 14.1. The van der Waals surface area contributed by atoms with Crippen LogP contribution < -0.4 is 20.1 Å². The van der Waals surface area contributed by atoms with Gasteiger partial charge in [0.25, 0.3) is 11.8 Å². The molecule has 8 rings (SSSR count). The first-order chi connectivity index (χ1) is 29.5. The van der Waals surface area contributed by atoms with E-state index in [1.54, 1.807) is 103 Å². The largest absolute Gasteiger partial charge is 0.489 e. The minimum atomic E-state index is -1.29. The highest BCUT2D eigenvalue weighted by molar-refractivity contribution is 6.41. The third kappa shape index (κ3) is 9.04. The fourth-order valence-electron chi connectivity index (χ4n) is 7.32. The van der Waals surface area contributed by atoms with Gasteiger partial charge in [0.1, 0.15) is 35.3 Å². The number of aromatic nitrogens is 1. The van der Waals surface area contributed by atoms with Crippen LogP contribution in [-0.4, -0.2) is 50.8 Å². The van der Waals surface area contributed by atoms with Gasteiger partial charge in [-0.3, -0.25) is 14.4 Å². The van der Waals surface area contributed by atoms with Crippen LogP contribution in [0.1, 0.15) is 49.8 Å². The molecule has 1 aromatic heterocycles. The zero-order chi connectivity index (χ0) is 42.6. The number of fused-ring (bicyclic) bond motifs is 2. The number of halogens is 2. The Morgan fingerprint density at radius 2 is 1.62 bits per heavy atom. The number of rotatable bonds is 11. The first-order valence-corrected chi connectivity index (χ1v) is 19.9. The molecule has 2 aliphatic heterocycles. The quantitative estimate of drug-likeness (QED) is 0.109. The van der Waals surface area contributed by atoms with E-state index in [9.17, 15) is 24.3 Å². The molecule has 14 heteroatoms. The van der Waals surface area contributed by atoms with E-state index in [1.807, 2.05) is 24.3 Å². The summed E-state index contributed by atoms with van der Waals surface area (Å²) in [6.45, 7) is 0.219. The summed E-state index contributed by atoms with van der Waals surface area (Å²) in [5, 5.41) is 25.5. The Kier molecular flexibility index (Phi) is 11.7. The standard InChI is InChI=1S/C47H35Cl2N5O7/c48-37-18-29(24-51-43(37)49)26-60-36-16-14-32(15-17-36)42-45(56)52-38-20-34-21-40(54(25-35(34)22-41(38)61-42)46(57)33-4-2-1-3-5-33)44(55)53-39(47(58)59)19-27-6-10-30(11-7-27)31-12-8-28(23-50)9-13-31/h1-18,20,22,24,39-40,42H,19,21,25-26H2,(H,52,56)(H,53,55)(H,58,59)/t39-,40?,42-/m0/s1. The van der Waals surface area contributed by atoms with Gasteiger partial charge in [-0.2, -0.15) is 5.26 Å². The summed E-state index contributed by atoms with van der Waals surface area (Å²) in [6.07, 6.45) is 0.638. The molecule has 304 valence electrons. The summed E-state index contributed by atoms with van der Waals surface area (Å²) in [5.41, 5.74) is 6.49. The van der Waals surface area contributed by atoms with Gasteiger partial charge >= 0.3 is 5.97 Å². The Morgan fingerprint density at radius 1 is 0.918 bits per heavy atom. The van der Waals surface area contributed by atoms with Gasteiger partial charge < -0.3 is 30.1 Å². The number of ether oxygens (including phenoxy) is 2. The highest BCUT2D eigenvalue weighted by atomic mass is 35.5. The molecule has 0 spiro atoms. The van der Waals surface area contributed by atoms with Gasteiger partial charge in [-0.1, -0.05) is 89.9 Å². The maximum atomic E-state index is 14.1. The molecular weight excluding hydrogens is 817 g/mol. The van der Waals surface area contributed by atoms with Crippen molar-refractivity contribution in [1.82, 2.24) is 15.2 Å². The summed E-state index contributed by atoms with van der Waals surface area (Å²) < 4.78 is 12.1. The monoisotopic (exact) mass is 851 g/mol. The number of carboxylic acid groups (broad SMARTS) is 1. The molecule has 0 aliphatic carbocycles. The molecule has 3 atom stereocenters. The SMILES string of the molecule is N#Cc1ccc(-c2ccc(C[C@H](NC(=O)C3Cc4cc5c(cc4CN3C(=O)c3ccccc3)O[C@@H](c3ccc(OCc4cnc(Cl)c(Cl)c4)cc3)C(=O)N5)C(=O)O)cc2)cc1. The van der Waals surface area contributed by atoms with E-state index in [0.29, 0.717) is 55.6 Å². The fraction of sp³-hybridized carbons (Fsp3) is 0.149. The Bertz CT molecular complexity index is 2690. The predicted octanol–water partition coefficient (Wildman–Crippen LogP) is 7.96. The van der Waals surface area contributed by atoms with Crippen molar-refractivity contribution in [1.29, 1.82) is 5.26 Å². The Balaban J connectivity index is 0.991. The first kappa shape index (κ1) is 40.6. The van der Waals surface area contributed by atoms with Crippen molar-refractivity contribution in [3.8, 4) is 28.7 Å². The van der Waals surface area contributed by atoms with Gasteiger partial charge in [0.05, 0.1) is 22.3 Å². The molecule has 2 aliphatic rings. The van der Waals surface area contributed by atoms with Gasteiger partial charge in [-0.05, 0) is 82.4 Å². The number of nitriles is 1. The lowest BCUT2D eigenvalue weighted by Gasteiger charge is -2.37. The number of carboxylic acids is 1. The molecule has 0 saturated heterocycles. The van der Waals surface area contributed by atoms with Crippen molar-refractivity contribution in [2.75, 3.05) is 5.32 Å². The minimum absolute atomic E-state index is 0.00506. The highest BCUT2D eigenvalue weighted by Crippen LogP contribution is 2.40. The number of aliphatic carboxylic acids is 1. The second-order valence-electron chi connectivity index (χ2n) is 14.6. The maximum Gasteiger partial charge on any atom is 0.326 e. The van der Waals surface area contributed by atoms with Crippen LogP contribution in [-0.2, 0) is 40.4 Å². The Morgan fingerprint density at radius 3 is 2.30 bits per heavy atom. The first-order valence-electron chi connectivity index (χ1n) is 19.2. The van der Waals surface area contributed by atoms with Crippen LogP contribution in [0, 0.1) is 11.3 Å². The smallest absolute Gasteiger partial charge is 0.326 e. The van der Waals surface area contributed by atoms with Crippen molar-refractivity contribution in [3.05, 3.63) is 177 Å². The second kappa shape index (κ2) is 17.6. The summed E-state index contributed by atoms with van der Waals surface area (Å²) >= 11 is 12.0. The summed E-state index contributed by atoms with van der Waals surface area (Å²) in [7, 11) is 0. The lowest BCUT2D eigenvalue weighted by atomic mass is 9.91. The number of amides is 3. The average Bonchev–Trinajstić information content (AvgIpc) is 3.28. The number of pyridine rings is 1. The Hall–Kier alpha value is -7.20. The van der Waals surface area contributed by atoms with Crippen LogP contribution >= 0.6 is 23.2 Å². The van der Waals surface area contributed by atoms with E-state index in [2.05, 4.69) is 21.7 Å². The number of nitrogens with zero attached hydrogens (tertiary/aromatic N) is 3. The van der Waals surface area contributed by atoms with Crippen molar-refractivity contribution in [2.24, 2.45) is 0 Å². The lowest BCUT2D eigenvalue weighted by molar-refractivity contribution is -0.142. The molecule has 3 amide bonds. The molecule has 12 nitrogen and oxygen atoms in total. The summed E-state index contributed by atoms with van der Waals surface area (Å²) in [5.74, 6) is -1.72. The van der Waals surface area contributed by atoms with Crippen LogP contribution in [0.15, 0.2) is 128 Å². The molecule has 3 heterocycles. The summed E-state index contributed by atoms with van der Waals surface area (Å²) in [4.78, 5) is 59.7. The third-order valence-electron chi connectivity index (χ3n) is 10.6. The minimum Gasteiger partial charge on any atom is -0.489 e. The topological polar surface area (TPSA) is 171 Å². The molecular formula is C47H35Cl2N5O7. The van der Waals surface area contributed by atoms with E-state index < -0.39 is 41.9 Å². The average molecular weight is 853 g/mol. The zero-order valence-corrected chi connectivity index (χ0v) is 33.7.